The zero-order valence-corrected chi connectivity index (χ0v) is 15.2. The Kier molecular flexibility index (Phi) is 5.45. The molecule has 26 heavy (non-hydrogen) atoms. The standard InChI is InChI=1S/C21H27N5/c1-2-7-19(8-3-1)17-25-16-12-22-21(25)18-24-13-5-4-9-20(24)10-15-26-14-6-11-23-26/h1-3,6-8,11-12,14,16,20H,4-5,9-10,13,15,17-18H2/t20-/m1/s1. The van der Waals surface area contributed by atoms with Gasteiger partial charge in [-0.05, 0) is 37.4 Å². The number of piperidine rings is 1. The van der Waals surface area contributed by atoms with Crippen LogP contribution >= 0.6 is 0 Å². The highest BCUT2D eigenvalue weighted by Crippen LogP contribution is 2.22. The predicted molar refractivity (Wildman–Crippen MR) is 103 cm³/mol. The van der Waals surface area contributed by atoms with E-state index in [1.54, 1.807) is 0 Å². The Labute approximate surface area is 155 Å². The Morgan fingerprint density at radius 1 is 0.962 bits per heavy atom. The third kappa shape index (κ3) is 4.22. The molecule has 1 aliphatic rings. The van der Waals surface area contributed by atoms with Crippen molar-refractivity contribution in [2.75, 3.05) is 6.54 Å². The minimum atomic E-state index is 0.620. The Hall–Kier alpha value is -2.40. The molecule has 3 aromatic rings. The highest BCUT2D eigenvalue weighted by atomic mass is 15.3. The maximum Gasteiger partial charge on any atom is 0.123 e. The largest absolute Gasteiger partial charge is 0.329 e. The minimum absolute atomic E-state index is 0.620. The van der Waals surface area contributed by atoms with Crippen LogP contribution in [0.5, 0.6) is 0 Å². The van der Waals surface area contributed by atoms with Gasteiger partial charge in [0.05, 0.1) is 6.54 Å². The van der Waals surface area contributed by atoms with Crippen LogP contribution in [0.1, 0.15) is 37.1 Å². The molecule has 3 heterocycles. The van der Waals surface area contributed by atoms with Crippen LogP contribution in [-0.2, 0) is 19.6 Å². The molecular formula is C21H27N5. The molecule has 2 aromatic heterocycles. The zero-order valence-electron chi connectivity index (χ0n) is 15.2. The summed E-state index contributed by atoms with van der Waals surface area (Å²) in [5, 5.41) is 4.34. The number of hydrogen-bond donors (Lipinski definition) is 0. The number of nitrogens with zero attached hydrogens (tertiary/aromatic N) is 5. The molecule has 1 saturated heterocycles. The van der Waals surface area contributed by atoms with Crippen LogP contribution in [0.3, 0.4) is 0 Å². The monoisotopic (exact) mass is 349 g/mol. The quantitative estimate of drug-likeness (QED) is 0.654. The summed E-state index contributed by atoms with van der Waals surface area (Å²) in [5.41, 5.74) is 1.32. The Balaban J connectivity index is 1.41. The summed E-state index contributed by atoms with van der Waals surface area (Å²) in [5.74, 6) is 1.17. The van der Waals surface area contributed by atoms with Crippen molar-refractivity contribution < 1.29 is 0 Å². The molecule has 5 heteroatoms. The first-order valence-corrected chi connectivity index (χ1v) is 9.64. The van der Waals surface area contributed by atoms with Crippen LogP contribution in [0.2, 0.25) is 0 Å². The van der Waals surface area contributed by atoms with Crippen molar-refractivity contribution in [3.63, 3.8) is 0 Å². The van der Waals surface area contributed by atoms with E-state index in [0.717, 1.165) is 26.1 Å². The maximum absolute atomic E-state index is 4.65. The number of rotatable bonds is 7. The first-order chi connectivity index (χ1) is 12.9. The molecule has 0 bridgehead atoms. The molecule has 0 unspecified atom stereocenters. The maximum atomic E-state index is 4.65. The average Bonchev–Trinajstić information content (AvgIpc) is 3.34. The van der Waals surface area contributed by atoms with Gasteiger partial charge in [0.1, 0.15) is 5.82 Å². The van der Waals surface area contributed by atoms with Crippen LogP contribution in [0.4, 0.5) is 0 Å². The van der Waals surface area contributed by atoms with E-state index in [-0.39, 0.29) is 0 Å². The lowest BCUT2D eigenvalue weighted by atomic mass is 9.99. The van der Waals surface area contributed by atoms with Crippen molar-refractivity contribution in [3.8, 4) is 0 Å². The van der Waals surface area contributed by atoms with Gasteiger partial charge in [0.15, 0.2) is 0 Å². The first kappa shape index (κ1) is 17.0. The third-order valence-corrected chi connectivity index (χ3v) is 5.34. The van der Waals surface area contributed by atoms with Crippen molar-refractivity contribution in [1.82, 2.24) is 24.2 Å². The molecule has 4 rings (SSSR count). The second-order valence-corrected chi connectivity index (χ2v) is 7.13. The molecule has 1 aliphatic heterocycles. The molecule has 1 fully saturated rings. The van der Waals surface area contributed by atoms with E-state index in [2.05, 4.69) is 62.3 Å². The van der Waals surface area contributed by atoms with Crippen molar-refractivity contribution in [1.29, 1.82) is 0 Å². The van der Waals surface area contributed by atoms with Crippen molar-refractivity contribution >= 4 is 0 Å². The predicted octanol–water partition coefficient (Wildman–Crippen LogP) is 3.57. The van der Waals surface area contributed by atoms with Crippen molar-refractivity contribution in [2.24, 2.45) is 0 Å². The molecular weight excluding hydrogens is 322 g/mol. The highest BCUT2D eigenvalue weighted by molar-refractivity contribution is 5.15. The number of aromatic nitrogens is 4. The highest BCUT2D eigenvalue weighted by Gasteiger charge is 2.23. The van der Waals surface area contributed by atoms with Gasteiger partial charge in [0.25, 0.3) is 0 Å². The van der Waals surface area contributed by atoms with Crippen molar-refractivity contribution in [2.45, 2.75) is 51.4 Å². The first-order valence-electron chi connectivity index (χ1n) is 9.64. The third-order valence-electron chi connectivity index (χ3n) is 5.34. The SMILES string of the molecule is c1ccc(Cn2ccnc2CN2CCCC[C@@H]2CCn2cccn2)cc1. The molecule has 0 radical (unpaired) electrons. The summed E-state index contributed by atoms with van der Waals surface area (Å²) in [4.78, 5) is 7.28. The van der Waals surface area contributed by atoms with E-state index in [0.29, 0.717) is 6.04 Å². The van der Waals surface area contributed by atoms with Crippen LogP contribution in [-0.4, -0.2) is 36.8 Å². The minimum Gasteiger partial charge on any atom is -0.329 e. The number of hydrogen-bond acceptors (Lipinski definition) is 3. The summed E-state index contributed by atoms with van der Waals surface area (Å²) in [6, 6.07) is 13.2. The fourth-order valence-corrected chi connectivity index (χ4v) is 3.91. The summed E-state index contributed by atoms with van der Waals surface area (Å²) in [6.45, 7) is 3.99. The van der Waals surface area contributed by atoms with E-state index in [1.807, 2.05) is 23.1 Å². The number of likely N-dealkylation sites (tertiary alicyclic amines) is 1. The fraction of sp³-hybridized carbons (Fsp3) is 0.429. The fourth-order valence-electron chi connectivity index (χ4n) is 3.91. The average molecular weight is 349 g/mol. The van der Waals surface area contributed by atoms with Crippen LogP contribution < -0.4 is 0 Å². The second-order valence-electron chi connectivity index (χ2n) is 7.13. The van der Waals surface area contributed by atoms with Crippen molar-refractivity contribution in [3.05, 3.63) is 72.6 Å². The lowest BCUT2D eigenvalue weighted by Gasteiger charge is -2.35. The molecule has 0 amide bonds. The summed E-state index contributed by atoms with van der Waals surface area (Å²) >= 11 is 0. The van der Waals surface area contributed by atoms with E-state index in [9.17, 15) is 0 Å². The Morgan fingerprint density at radius 2 is 1.88 bits per heavy atom. The normalized spacial score (nSPS) is 18.2. The van der Waals surface area contributed by atoms with Gasteiger partial charge in [-0.3, -0.25) is 9.58 Å². The summed E-state index contributed by atoms with van der Waals surface area (Å²) < 4.78 is 4.33. The molecule has 0 aliphatic carbocycles. The van der Waals surface area contributed by atoms with E-state index >= 15 is 0 Å². The molecule has 5 nitrogen and oxygen atoms in total. The zero-order chi connectivity index (χ0) is 17.6. The smallest absolute Gasteiger partial charge is 0.123 e. The lowest BCUT2D eigenvalue weighted by Crippen LogP contribution is -2.40. The molecule has 136 valence electrons. The van der Waals surface area contributed by atoms with Crippen LogP contribution in [0.15, 0.2) is 61.2 Å². The van der Waals surface area contributed by atoms with Gasteiger partial charge in [-0.15, -0.1) is 0 Å². The van der Waals surface area contributed by atoms with Gasteiger partial charge >= 0.3 is 0 Å². The van der Waals surface area contributed by atoms with E-state index in [4.69, 9.17) is 0 Å². The Bertz CT molecular complexity index is 778. The van der Waals surface area contributed by atoms with E-state index in [1.165, 1.54) is 37.2 Å². The summed E-state index contributed by atoms with van der Waals surface area (Å²) in [7, 11) is 0. The van der Waals surface area contributed by atoms with Crippen LogP contribution in [0.25, 0.3) is 0 Å². The molecule has 0 saturated carbocycles. The van der Waals surface area contributed by atoms with Crippen LogP contribution in [0, 0.1) is 0 Å². The molecule has 1 aromatic carbocycles. The number of aryl methyl sites for hydroxylation is 1. The number of benzene rings is 1. The molecule has 0 spiro atoms. The van der Waals surface area contributed by atoms with Gasteiger partial charge in [-0.2, -0.15) is 5.10 Å². The molecule has 1 atom stereocenters. The number of imidazole rings is 1. The van der Waals surface area contributed by atoms with Gasteiger partial charge in [-0.25, -0.2) is 4.98 Å². The molecule has 0 N–H and O–H groups in total. The topological polar surface area (TPSA) is 38.9 Å². The lowest BCUT2D eigenvalue weighted by molar-refractivity contribution is 0.123. The van der Waals surface area contributed by atoms with Gasteiger partial charge in [0.2, 0.25) is 0 Å². The van der Waals surface area contributed by atoms with Gasteiger partial charge in [0, 0.05) is 43.9 Å². The van der Waals surface area contributed by atoms with Gasteiger partial charge in [-0.1, -0.05) is 36.8 Å². The van der Waals surface area contributed by atoms with Gasteiger partial charge < -0.3 is 4.57 Å². The summed E-state index contributed by atoms with van der Waals surface area (Å²) in [6.07, 6.45) is 13.0. The van der Waals surface area contributed by atoms with E-state index < -0.39 is 0 Å². The second kappa shape index (κ2) is 8.32. The Morgan fingerprint density at radius 3 is 2.73 bits per heavy atom.